The molecule has 0 amide bonds. The van der Waals surface area contributed by atoms with Gasteiger partial charge in [0.1, 0.15) is 12.1 Å². The largest absolute Gasteiger partial charge is 0.259 e. The number of fused-ring (bicyclic) bond motifs is 1. The first-order valence-electron chi connectivity index (χ1n) is 10.1. The Hall–Kier alpha value is -2.98. The first kappa shape index (κ1) is 20.3. The summed E-state index contributed by atoms with van der Waals surface area (Å²) in [5.74, 6) is 1.22. The van der Waals surface area contributed by atoms with Crippen molar-refractivity contribution in [3.8, 4) is 22.5 Å². The molecule has 0 atom stereocenters. The summed E-state index contributed by atoms with van der Waals surface area (Å²) in [6, 6.07) is 22.2. The van der Waals surface area contributed by atoms with E-state index in [4.69, 9.17) is 0 Å². The van der Waals surface area contributed by atoms with Crippen LogP contribution < -0.4 is 0 Å². The number of H-pyrrole nitrogens is 1. The van der Waals surface area contributed by atoms with E-state index < -0.39 is 0 Å². The molecular formula is C25H23ClFN3. The smallest absolute Gasteiger partial charge is 0.155 e. The van der Waals surface area contributed by atoms with Crippen LogP contribution in [0.25, 0.3) is 22.5 Å². The van der Waals surface area contributed by atoms with Crippen molar-refractivity contribution in [3.63, 3.8) is 0 Å². The Labute approximate surface area is 181 Å². The summed E-state index contributed by atoms with van der Waals surface area (Å²) in [6.45, 7) is 0. The molecule has 0 radical (unpaired) electrons. The number of rotatable bonds is 5. The lowest BCUT2D eigenvalue weighted by molar-refractivity contribution is 0.504. The summed E-state index contributed by atoms with van der Waals surface area (Å²) in [5.41, 5.74) is 6.75. The van der Waals surface area contributed by atoms with Crippen LogP contribution in [0, 0.1) is 11.7 Å². The minimum Gasteiger partial charge on any atom is -0.259 e. The maximum Gasteiger partial charge on any atom is 0.155 e. The van der Waals surface area contributed by atoms with Gasteiger partial charge in [0, 0.05) is 5.56 Å². The van der Waals surface area contributed by atoms with Gasteiger partial charge in [-0.15, -0.1) is 12.4 Å². The lowest BCUT2D eigenvalue weighted by atomic mass is 9.94. The van der Waals surface area contributed by atoms with Crippen molar-refractivity contribution in [3.05, 3.63) is 95.6 Å². The predicted molar refractivity (Wildman–Crippen MR) is 120 cm³/mol. The van der Waals surface area contributed by atoms with E-state index in [2.05, 4.69) is 45.5 Å². The molecule has 0 spiro atoms. The normalized spacial score (nSPS) is 13.1. The van der Waals surface area contributed by atoms with Gasteiger partial charge in [-0.2, -0.15) is 5.10 Å². The summed E-state index contributed by atoms with van der Waals surface area (Å²) >= 11 is 0. The van der Waals surface area contributed by atoms with E-state index in [0.717, 1.165) is 53.8 Å². The fourth-order valence-electron chi connectivity index (χ4n) is 4.35. The van der Waals surface area contributed by atoms with E-state index in [0.29, 0.717) is 5.92 Å². The topological polar surface area (TPSA) is 41.6 Å². The minimum atomic E-state index is -0.115. The highest BCUT2D eigenvalue weighted by Crippen LogP contribution is 2.31. The van der Waals surface area contributed by atoms with E-state index in [1.54, 1.807) is 6.07 Å². The van der Waals surface area contributed by atoms with Gasteiger partial charge in [-0.25, -0.2) is 9.37 Å². The molecule has 30 heavy (non-hydrogen) atoms. The third kappa shape index (κ3) is 4.14. The van der Waals surface area contributed by atoms with Crippen LogP contribution in [0.4, 0.5) is 4.39 Å². The van der Waals surface area contributed by atoms with Gasteiger partial charge in [0.15, 0.2) is 5.82 Å². The van der Waals surface area contributed by atoms with Crippen LogP contribution in [0.3, 0.4) is 0 Å². The molecule has 0 saturated heterocycles. The SMILES string of the molecule is Cl.Fc1ccc(-c2cccc(-c3ncn[nH]3)c2)cc1CCC1Cc2ccccc2C1. The zero-order chi connectivity index (χ0) is 19.6. The summed E-state index contributed by atoms with van der Waals surface area (Å²) < 4.78 is 14.5. The summed E-state index contributed by atoms with van der Waals surface area (Å²) in [5, 5.41) is 6.81. The molecule has 5 heteroatoms. The van der Waals surface area contributed by atoms with Crippen molar-refractivity contribution >= 4 is 12.4 Å². The quantitative estimate of drug-likeness (QED) is 0.428. The van der Waals surface area contributed by atoms with Gasteiger partial charge in [-0.3, -0.25) is 5.10 Å². The molecule has 0 fully saturated rings. The first-order chi connectivity index (χ1) is 14.3. The number of aromatic nitrogens is 3. The molecule has 1 aliphatic rings. The number of aryl methyl sites for hydroxylation is 1. The highest BCUT2D eigenvalue weighted by atomic mass is 35.5. The monoisotopic (exact) mass is 419 g/mol. The second kappa shape index (κ2) is 8.80. The Balaban J connectivity index is 0.00000218. The van der Waals surface area contributed by atoms with Crippen molar-refractivity contribution in [2.45, 2.75) is 25.7 Å². The Morgan fingerprint density at radius 3 is 2.33 bits per heavy atom. The maximum atomic E-state index is 14.5. The van der Waals surface area contributed by atoms with Crippen LogP contribution in [0.2, 0.25) is 0 Å². The average molecular weight is 420 g/mol. The van der Waals surface area contributed by atoms with Gasteiger partial charge in [-0.1, -0.05) is 48.5 Å². The molecule has 3 nitrogen and oxygen atoms in total. The van der Waals surface area contributed by atoms with Crippen molar-refractivity contribution < 1.29 is 4.39 Å². The molecule has 152 valence electrons. The molecule has 0 aliphatic heterocycles. The molecule has 1 N–H and O–H groups in total. The standard InChI is InChI=1S/C25H22FN3.ClH/c26-24-11-10-21(20-6-3-7-23(15-20)25-27-16-28-29-25)14-22(24)9-8-17-12-18-4-1-2-5-19(18)13-17;/h1-7,10-11,14-17H,8-9,12-13H2,(H,27,28,29);1H. The van der Waals surface area contributed by atoms with Crippen molar-refractivity contribution in [2.75, 3.05) is 0 Å². The van der Waals surface area contributed by atoms with E-state index in [-0.39, 0.29) is 18.2 Å². The van der Waals surface area contributed by atoms with Crippen LogP contribution in [-0.2, 0) is 19.3 Å². The predicted octanol–water partition coefficient (Wildman–Crippen LogP) is 6.05. The Morgan fingerprint density at radius 1 is 0.867 bits per heavy atom. The average Bonchev–Trinajstić information content (AvgIpc) is 3.43. The summed E-state index contributed by atoms with van der Waals surface area (Å²) in [7, 11) is 0. The van der Waals surface area contributed by atoms with E-state index >= 15 is 0 Å². The molecular weight excluding hydrogens is 397 g/mol. The zero-order valence-electron chi connectivity index (χ0n) is 16.5. The highest BCUT2D eigenvalue weighted by Gasteiger charge is 2.21. The first-order valence-corrected chi connectivity index (χ1v) is 10.1. The number of aromatic amines is 1. The lowest BCUT2D eigenvalue weighted by Gasteiger charge is -2.11. The lowest BCUT2D eigenvalue weighted by Crippen LogP contribution is -2.03. The number of hydrogen-bond acceptors (Lipinski definition) is 2. The third-order valence-corrected chi connectivity index (χ3v) is 5.89. The number of nitrogens with zero attached hydrogens (tertiary/aromatic N) is 2. The minimum absolute atomic E-state index is 0. The van der Waals surface area contributed by atoms with Crippen LogP contribution in [0.5, 0.6) is 0 Å². The molecule has 4 aromatic rings. The number of halogens is 2. The molecule has 0 unspecified atom stereocenters. The molecule has 1 heterocycles. The molecule has 1 aromatic heterocycles. The Morgan fingerprint density at radius 2 is 1.60 bits per heavy atom. The van der Waals surface area contributed by atoms with Crippen LogP contribution >= 0.6 is 12.4 Å². The van der Waals surface area contributed by atoms with Gasteiger partial charge >= 0.3 is 0 Å². The van der Waals surface area contributed by atoms with Crippen molar-refractivity contribution in [1.82, 2.24) is 15.2 Å². The fraction of sp³-hybridized carbons (Fsp3) is 0.200. The maximum absolute atomic E-state index is 14.5. The van der Waals surface area contributed by atoms with Gasteiger partial charge in [0.05, 0.1) is 0 Å². The van der Waals surface area contributed by atoms with Gasteiger partial charge < -0.3 is 0 Å². The Bertz CT molecular complexity index is 1120. The van der Waals surface area contributed by atoms with E-state index in [9.17, 15) is 4.39 Å². The molecule has 0 saturated carbocycles. The Kier molecular flexibility index (Phi) is 5.96. The second-order valence-corrected chi connectivity index (χ2v) is 7.80. The van der Waals surface area contributed by atoms with E-state index in [1.807, 2.05) is 30.3 Å². The van der Waals surface area contributed by atoms with Gasteiger partial charge in [0.25, 0.3) is 0 Å². The van der Waals surface area contributed by atoms with Crippen molar-refractivity contribution in [2.24, 2.45) is 5.92 Å². The van der Waals surface area contributed by atoms with Crippen molar-refractivity contribution in [1.29, 1.82) is 0 Å². The third-order valence-electron chi connectivity index (χ3n) is 5.89. The molecule has 0 bridgehead atoms. The number of nitrogens with one attached hydrogen (secondary N) is 1. The fourth-order valence-corrected chi connectivity index (χ4v) is 4.35. The van der Waals surface area contributed by atoms with Crippen LogP contribution in [0.15, 0.2) is 73.1 Å². The molecule has 1 aliphatic carbocycles. The van der Waals surface area contributed by atoms with Gasteiger partial charge in [-0.05, 0) is 77.6 Å². The summed E-state index contributed by atoms with van der Waals surface area (Å²) in [6.07, 6.45) is 5.49. The number of benzene rings is 3. The second-order valence-electron chi connectivity index (χ2n) is 7.80. The zero-order valence-corrected chi connectivity index (χ0v) is 17.3. The highest BCUT2D eigenvalue weighted by molar-refractivity contribution is 5.85. The summed E-state index contributed by atoms with van der Waals surface area (Å²) in [4.78, 5) is 4.22. The van der Waals surface area contributed by atoms with Gasteiger partial charge in [0.2, 0.25) is 0 Å². The number of hydrogen-bond donors (Lipinski definition) is 1. The molecule has 5 rings (SSSR count). The molecule has 3 aromatic carbocycles. The van der Waals surface area contributed by atoms with E-state index in [1.165, 1.54) is 17.5 Å². The van der Waals surface area contributed by atoms with Crippen LogP contribution in [-0.4, -0.2) is 15.2 Å². The van der Waals surface area contributed by atoms with Crippen LogP contribution in [0.1, 0.15) is 23.1 Å².